The highest BCUT2D eigenvalue weighted by molar-refractivity contribution is 6.35. The van der Waals surface area contributed by atoms with Crippen LogP contribution in [-0.2, 0) is 14.3 Å². The topological polar surface area (TPSA) is 80.8 Å². The minimum atomic E-state index is -1.97. The zero-order valence-electron chi connectivity index (χ0n) is 18.5. The SMILES string of the molecule is Cc1ccc([C@@H]2OC3(C(=O)c4ccccc4C3=O)[C@H]3C(=O)N(C4CCCCC4)C(=O)[C@H]23)cc1. The molecule has 4 aliphatic rings. The van der Waals surface area contributed by atoms with Crippen molar-refractivity contribution in [3.8, 4) is 0 Å². The van der Waals surface area contributed by atoms with Crippen LogP contribution in [0.5, 0.6) is 0 Å². The van der Waals surface area contributed by atoms with Gasteiger partial charge in [-0.3, -0.25) is 24.1 Å². The molecule has 0 radical (unpaired) electrons. The number of ketones is 2. The van der Waals surface area contributed by atoms with Gasteiger partial charge in [0, 0.05) is 17.2 Å². The minimum Gasteiger partial charge on any atom is -0.349 e. The standard InChI is InChI=1S/C27H25NO5/c1-15-11-13-16(14-12-15)22-20-21(26(32)28(25(20)31)17-7-3-2-4-8-17)27(33-22)23(29)18-9-5-6-10-19(18)24(27)30/h5-6,9-14,17,20-22H,2-4,7-8H2,1H3/t20-,21+,22-/m0/s1. The normalized spacial score (nSPS) is 28.6. The third kappa shape index (κ3) is 2.64. The highest BCUT2D eigenvalue weighted by Crippen LogP contribution is 2.57. The maximum absolute atomic E-state index is 13.9. The van der Waals surface area contributed by atoms with Crippen LogP contribution in [0, 0.1) is 18.8 Å². The molecule has 0 bridgehead atoms. The molecule has 3 fully saturated rings. The summed E-state index contributed by atoms with van der Waals surface area (Å²) >= 11 is 0. The fourth-order valence-electron chi connectivity index (χ4n) is 6.30. The molecule has 6 nitrogen and oxygen atoms in total. The number of Topliss-reactive ketones (excluding diaryl/α,β-unsaturated/α-hetero) is 2. The predicted molar refractivity (Wildman–Crippen MR) is 119 cm³/mol. The van der Waals surface area contributed by atoms with Gasteiger partial charge in [0.15, 0.2) is 0 Å². The maximum Gasteiger partial charge on any atom is 0.237 e. The van der Waals surface area contributed by atoms with Gasteiger partial charge in [0.1, 0.15) is 0 Å². The summed E-state index contributed by atoms with van der Waals surface area (Å²) in [5.74, 6) is -3.76. The molecule has 168 valence electrons. The van der Waals surface area contributed by atoms with Gasteiger partial charge < -0.3 is 4.74 Å². The maximum atomic E-state index is 13.9. The predicted octanol–water partition coefficient (Wildman–Crippen LogP) is 3.82. The van der Waals surface area contributed by atoms with Crippen LogP contribution in [0.1, 0.15) is 70.1 Å². The molecule has 2 amide bonds. The molecule has 3 atom stereocenters. The number of hydrogen-bond acceptors (Lipinski definition) is 5. The average Bonchev–Trinajstić information content (AvgIpc) is 3.40. The van der Waals surface area contributed by atoms with Gasteiger partial charge in [-0.05, 0) is 25.3 Å². The van der Waals surface area contributed by atoms with Crippen molar-refractivity contribution in [1.29, 1.82) is 0 Å². The second-order valence-corrected chi connectivity index (χ2v) is 9.73. The Labute approximate surface area is 191 Å². The summed E-state index contributed by atoms with van der Waals surface area (Å²) in [4.78, 5) is 56.4. The quantitative estimate of drug-likeness (QED) is 0.521. The molecule has 1 spiro atoms. The van der Waals surface area contributed by atoms with E-state index in [1.165, 1.54) is 4.90 Å². The van der Waals surface area contributed by atoms with Gasteiger partial charge in [-0.15, -0.1) is 0 Å². The summed E-state index contributed by atoms with van der Waals surface area (Å²) in [6.07, 6.45) is 3.71. The van der Waals surface area contributed by atoms with Gasteiger partial charge in [0.2, 0.25) is 29.0 Å². The second-order valence-electron chi connectivity index (χ2n) is 9.73. The fourth-order valence-corrected chi connectivity index (χ4v) is 6.30. The number of rotatable bonds is 2. The van der Waals surface area contributed by atoms with Gasteiger partial charge in [0.05, 0.1) is 17.9 Å². The molecular formula is C27H25NO5. The number of carbonyl (C=O) groups excluding carboxylic acids is 4. The van der Waals surface area contributed by atoms with Crippen LogP contribution in [0.2, 0.25) is 0 Å². The molecule has 6 heteroatoms. The molecule has 0 aromatic heterocycles. The van der Waals surface area contributed by atoms with Crippen molar-refractivity contribution in [3.05, 3.63) is 70.8 Å². The molecule has 2 aromatic carbocycles. The molecule has 2 aliphatic heterocycles. The van der Waals surface area contributed by atoms with E-state index in [1.807, 2.05) is 31.2 Å². The molecule has 1 saturated carbocycles. The Kier molecular flexibility index (Phi) is 4.46. The Bertz CT molecular complexity index is 1160. The highest BCUT2D eigenvalue weighted by atomic mass is 16.5. The lowest BCUT2D eigenvalue weighted by Crippen LogP contribution is -2.52. The lowest BCUT2D eigenvalue weighted by molar-refractivity contribution is -0.148. The highest BCUT2D eigenvalue weighted by Gasteiger charge is 2.75. The van der Waals surface area contributed by atoms with Crippen LogP contribution in [0.3, 0.4) is 0 Å². The van der Waals surface area contributed by atoms with E-state index < -0.39 is 41.0 Å². The largest absolute Gasteiger partial charge is 0.349 e. The van der Waals surface area contributed by atoms with Crippen LogP contribution >= 0.6 is 0 Å². The minimum absolute atomic E-state index is 0.172. The van der Waals surface area contributed by atoms with Gasteiger partial charge >= 0.3 is 0 Å². The molecule has 6 rings (SSSR count). The van der Waals surface area contributed by atoms with Gasteiger partial charge in [0.25, 0.3) is 0 Å². The first kappa shape index (κ1) is 20.5. The summed E-state index contributed by atoms with van der Waals surface area (Å²) in [5, 5.41) is 0. The Morgan fingerprint density at radius 1 is 0.818 bits per heavy atom. The number of likely N-dealkylation sites (tertiary alicyclic amines) is 1. The van der Waals surface area contributed by atoms with Gasteiger partial charge in [-0.2, -0.15) is 0 Å². The van der Waals surface area contributed by atoms with E-state index in [9.17, 15) is 19.2 Å². The zero-order valence-corrected chi connectivity index (χ0v) is 18.5. The summed E-state index contributed by atoms with van der Waals surface area (Å²) in [6.45, 7) is 1.96. The van der Waals surface area contributed by atoms with E-state index in [-0.39, 0.29) is 23.1 Å². The number of ether oxygens (including phenoxy) is 1. The van der Waals surface area contributed by atoms with Crippen molar-refractivity contribution in [2.24, 2.45) is 11.8 Å². The molecule has 2 aliphatic carbocycles. The summed E-state index contributed by atoms with van der Waals surface area (Å²) in [6, 6.07) is 13.9. The van der Waals surface area contributed by atoms with E-state index in [2.05, 4.69) is 0 Å². The summed E-state index contributed by atoms with van der Waals surface area (Å²) in [5.41, 5.74) is 0.307. The number of benzene rings is 2. The lowest BCUT2D eigenvalue weighted by atomic mass is 9.77. The third-order valence-corrected chi connectivity index (χ3v) is 7.90. The summed E-state index contributed by atoms with van der Waals surface area (Å²) < 4.78 is 6.32. The number of fused-ring (bicyclic) bond motifs is 3. The van der Waals surface area contributed by atoms with E-state index in [0.717, 1.165) is 37.7 Å². The zero-order chi connectivity index (χ0) is 22.9. The number of aryl methyl sites for hydroxylation is 1. The van der Waals surface area contributed by atoms with Crippen LogP contribution < -0.4 is 0 Å². The van der Waals surface area contributed by atoms with Gasteiger partial charge in [-0.1, -0.05) is 73.4 Å². The van der Waals surface area contributed by atoms with Crippen LogP contribution in [-0.4, -0.2) is 39.9 Å². The number of imide groups is 1. The van der Waals surface area contributed by atoms with Crippen molar-refractivity contribution in [1.82, 2.24) is 4.90 Å². The van der Waals surface area contributed by atoms with Crippen molar-refractivity contribution in [2.45, 2.75) is 56.8 Å². The third-order valence-electron chi connectivity index (χ3n) is 7.90. The lowest BCUT2D eigenvalue weighted by Gasteiger charge is -2.33. The van der Waals surface area contributed by atoms with Crippen LogP contribution in [0.4, 0.5) is 0 Å². The molecule has 2 saturated heterocycles. The van der Waals surface area contributed by atoms with Gasteiger partial charge in [-0.25, -0.2) is 0 Å². The van der Waals surface area contributed by atoms with E-state index in [4.69, 9.17) is 4.74 Å². The first-order valence-corrected chi connectivity index (χ1v) is 11.7. The average molecular weight is 443 g/mol. The number of nitrogens with zero attached hydrogens (tertiary/aromatic N) is 1. The Morgan fingerprint density at radius 2 is 1.42 bits per heavy atom. The fraction of sp³-hybridized carbons (Fsp3) is 0.407. The van der Waals surface area contributed by atoms with E-state index in [1.54, 1.807) is 24.3 Å². The monoisotopic (exact) mass is 443 g/mol. The second kappa shape index (κ2) is 7.19. The molecule has 0 unspecified atom stereocenters. The molecule has 2 heterocycles. The first-order chi connectivity index (χ1) is 15.9. The molecule has 2 aromatic rings. The number of carbonyl (C=O) groups is 4. The number of hydrogen-bond donors (Lipinski definition) is 0. The van der Waals surface area contributed by atoms with Crippen molar-refractivity contribution in [2.75, 3.05) is 0 Å². The Balaban J connectivity index is 1.50. The van der Waals surface area contributed by atoms with Crippen LogP contribution in [0.15, 0.2) is 48.5 Å². The van der Waals surface area contributed by atoms with Crippen molar-refractivity contribution < 1.29 is 23.9 Å². The number of amides is 2. The molecular weight excluding hydrogens is 418 g/mol. The Hall–Kier alpha value is -3.12. The van der Waals surface area contributed by atoms with Crippen LogP contribution in [0.25, 0.3) is 0 Å². The first-order valence-electron chi connectivity index (χ1n) is 11.7. The molecule has 0 N–H and O–H groups in total. The molecule has 33 heavy (non-hydrogen) atoms. The Morgan fingerprint density at radius 3 is 2.03 bits per heavy atom. The van der Waals surface area contributed by atoms with E-state index >= 15 is 0 Å². The van der Waals surface area contributed by atoms with Crippen molar-refractivity contribution in [3.63, 3.8) is 0 Å². The van der Waals surface area contributed by atoms with E-state index in [0.29, 0.717) is 5.56 Å². The van der Waals surface area contributed by atoms with Crippen molar-refractivity contribution >= 4 is 23.4 Å². The smallest absolute Gasteiger partial charge is 0.237 e. The summed E-state index contributed by atoms with van der Waals surface area (Å²) in [7, 11) is 0.